The van der Waals surface area contributed by atoms with Crippen LogP contribution in [-0.2, 0) is 16.1 Å². The molecule has 0 aromatic heterocycles. The highest BCUT2D eigenvalue weighted by molar-refractivity contribution is 8.15. The molecule has 1 fully saturated rings. The third-order valence-electron chi connectivity index (χ3n) is 4.70. The molecule has 0 saturated carbocycles. The first-order valence-electron chi connectivity index (χ1n) is 9.80. The number of hydrogen-bond acceptors (Lipinski definition) is 4. The standard InChI is InChI=1S/C24H20ClN3O2S/c25-19-13-7-8-14-20(19)27-22(29)15-21-23(30)28(16-17-9-3-1-4-10-17)24(31-21)26-18-11-5-2-6-12-18/h1-14,21H,15-16H2,(H,27,29). The van der Waals surface area contributed by atoms with Gasteiger partial charge in [0.25, 0.3) is 0 Å². The monoisotopic (exact) mass is 449 g/mol. The van der Waals surface area contributed by atoms with E-state index in [2.05, 4.69) is 10.3 Å². The fourth-order valence-electron chi connectivity index (χ4n) is 3.18. The van der Waals surface area contributed by atoms with Crippen LogP contribution in [-0.4, -0.2) is 27.1 Å². The molecule has 0 aliphatic carbocycles. The Morgan fingerprint density at radius 2 is 1.61 bits per heavy atom. The van der Waals surface area contributed by atoms with Gasteiger partial charge >= 0.3 is 0 Å². The number of amidine groups is 1. The number of nitrogens with zero attached hydrogens (tertiary/aromatic N) is 2. The predicted molar refractivity (Wildman–Crippen MR) is 127 cm³/mol. The van der Waals surface area contributed by atoms with E-state index in [9.17, 15) is 9.59 Å². The molecule has 0 spiro atoms. The number of thioether (sulfide) groups is 1. The van der Waals surface area contributed by atoms with Gasteiger partial charge in [0.15, 0.2) is 5.17 Å². The highest BCUT2D eigenvalue weighted by Gasteiger charge is 2.39. The lowest BCUT2D eigenvalue weighted by molar-refractivity contribution is -0.128. The van der Waals surface area contributed by atoms with Crippen LogP contribution in [0.2, 0.25) is 5.02 Å². The minimum Gasteiger partial charge on any atom is -0.325 e. The summed E-state index contributed by atoms with van der Waals surface area (Å²) < 4.78 is 0. The number of anilines is 1. The molecule has 3 aromatic rings. The predicted octanol–water partition coefficient (Wildman–Crippen LogP) is 5.50. The minimum atomic E-state index is -0.548. The molecule has 1 heterocycles. The van der Waals surface area contributed by atoms with E-state index >= 15 is 0 Å². The van der Waals surface area contributed by atoms with Gasteiger partial charge in [0.05, 0.1) is 22.9 Å². The van der Waals surface area contributed by atoms with Crippen molar-refractivity contribution in [1.29, 1.82) is 0 Å². The van der Waals surface area contributed by atoms with Gasteiger partial charge in [0, 0.05) is 6.42 Å². The van der Waals surface area contributed by atoms with Gasteiger partial charge in [-0.25, -0.2) is 4.99 Å². The van der Waals surface area contributed by atoms with Gasteiger partial charge < -0.3 is 5.32 Å². The van der Waals surface area contributed by atoms with Crippen molar-refractivity contribution >= 4 is 51.7 Å². The van der Waals surface area contributed by atoms with Crippen LogP contribution in [0.5, 0.6) is 0 Å². The lowest BCUT2D eigenvalue weighted by Crippen LogP contribution is -2.33. The van der Waals surface area contributed by atoms with Crippen LogP contribution in [0.15, 0.2) is 89.9 Å². The number of benzene rings is 3. The number of carbonyl (C=O) groups excluding carboxylic acids is 2. The maximum absolute atomic E-state index is 13.2. The molecule has 156 valence electrons. The Bertz CT molecular complexity index is 1110. The first-order chi connectivity index (χ1) is 15.1. The zero-order valence-corrected chi connectivity index (χ0v) is 18.1. The van der Waals surface area contributed by atoms with Gasteiger partial charge in [-0.3, -0.25) is 14.5 Å². The summed E-state index contributed by atoms with van der Waals surface area (Å²) in [5.41, 5.74) is 2.29. The van der Waals surface area contributed by atoms with E-state index in [1.165, 1.54) is 11.8 Å². The lowest BCUT2D eigenvalue weighted by atomic mass is 10.2. The van der Waals surface area contributed by atoms with Crippen molar-refractivity contribution < 1.29 is 9.59 Å². The van der Waals surface area contributed by atoms with Crippen molar-refractivity contribution in [1.82, 2.24) is 4.90 Å². The number of rotatable bonds is 6. The summed E-state index contributed by atoms with van der Waals surface area (Å²) in [5.74, 6) is -0.391. The Morgan fingerprint density at radius 3 is 2.32 bits per heavy atom. The van der Waals surface area contributed by atoms with E-state index in [1.54, 1.807) is 29.2 Å². The topological polar surface area (TPSA) is 61.8 Å². The first-order valence-corrected chi connectivity index (χ1v) is 11.1. The fourth-order valence-corrected chi connectivity index (χ4v) is 4.52. The molecule has 0 radical (unpaired) electrons. The molecule has 1 N–H and O–H groups in total. The summed E-state index contributed by atoms with van der Waals surface area (Å²) in [6.45, 7) is 0.404. The summed E-state index contributed by atoms with van der Waals surface area (Å²) in [4.78, 5) is 32.1. The van der Waals surface area contributed by atoms with E-state index in [0.717, 1.165) is 11.3 Å². The van der Waals surface area contributed by atoms with Crippen molar-refractivity contribution in [2.45, 2.75) is 18.2 Å². The minimum absolute atomic E-state index is 0.0355. The lowest BCUT2D eigenvalue weighted by Gasteiger charge is -2.16. The number of carbonyl (C=O) groups is 2. The average molecular weight is 450 g/mol. The molecule has 2 amide bonds. The van der Waals surface area contributed by atoms with Gasteiger partial charge in [-0.1, -0.05) is 84.0 Å². The quantitative estimate of drug-likeness (QED) is 0.540. The second-order valence-corrected chi connectivity index (χ2v) is 8.56. The van der Waals surface area contributed by atoms with Gasteiger partial charge in [-0.2, -0.15) is 0 Å². The van der Waals surface area contributed by atoms with Gasteiger partial charge in [-0.15, -0.1) is 0 Å². The number of nitrogens with one attached hydrogen (secondary N) is 1. The van der Waals surface area contributed by atoms with E-state index in [-0.39, 0.29) is 18.2 Å². The van der Waals surface area contributed by atoms with Crippen LogP contribution < -0.4 is 5.32 Å². The zero-order chi connectivity index (χ0) is 21.6. The maximum atomic E-state index is 13.2. The summed E-state index contributed by atoms with van der Waals surface area (Å²) in [7, 11) is 0. The number of halogens is 1. The van der Waals surface area contributed by atoms with Crippen LogP contribution >= 0.6 is 23.4 Å². The second-order valence-electron chi connectivity index (χ2n) is 6.98. The molecule has 5 nitrogen and oxygen atoms in total. The van der Waals surface area contributed by atoms with Crippen molar-refractivity contribution in [3.63, 3.8) is 0 Å². The molecule has 3 aromatic carbocycles. The normalized spacial score (nSPS) is 17.2. The summed E-state index contributed by atoms with van der Waals surface area (Å²) >= 11 is 7.44. The van der Waals surface area contributed by atoms with Crippen LogP contribution in [0.3, 0.4) is 0 Å². The van der Waals surface area contributed by atoms with Crippen LogP contribution in [0.1, 0.15) is 12.0 Å². The molecule has 31 heavy (non-hydrogen) atoms. The third kappa shape index (κ3) is 5.34. The summed E-state index contributed by atoms with van der Waals surface area (Å²) in [5, 5.41) is 3.29. The number of hydrogen-bond donors (Lipinski definition) is 1. The third-order valence-corrected chi connectivity index (χ3v) is 6.21. The smallest absolute Gasteiger partial charge is 0.242 e. The molecule has 1 atom stereocenters. The van der Waals surface area contributed by atoms with Gasteiger partial charge in [-0.05, 0) is 29.8 Å². The number of amides is 2. The largest absolute Gasteiger partial charge is 0.325 e. The van der Waals surface area contributed by atoms with Crippen LogP contribution in [0, 0.1) is 0 Å². The molecule has 1 aliphatic rings. The van der Waals surface area contributed by atoms with Gasteiger partial charge in [0.2, 0.25) is 11.8 Å². The molecule has 1 unspecified atom stereocenters. The van der Waals surface area contributed by atoms with Crippen molar-refractivity contribution in [3.05, 3.63) is 95.5 Å². The SMILES string of the molecule is O=C(CC1SC(=Nc2ccccc2)N(Cc2ccccc2)C1=O)Nc1ccccc1Cl. The first kappa shape index (κ1) is 21.2. The zero-order valence-electron chi connectivity index (χ0n) is 16.6. The second kappa shape index (κ2) is 9.81. The number of para-hydroxylation sites is 2. The molecular weight excluding hydrogens is 430 g/mol. The molecular formula is C24H20ClN3O2S. The molecule has 1 saturated heterocycles. The highest BCUT2D eigenvalue weighted by atomic mass is 35.5. The Labute approximate surface area is 190 Å². The Kier molecular flexibility index (Phi) is 6.70. The highest BCUT2D eigenvalue weighted by Crippen LogP contribution is 2.33. The molecule has 4 rings (SSSR count). The fraction of sp³-hybridized carbons (Fsp3) is 0.125. The van der Waals surface area contributed by atoms with Crippen LogP contribution in [0.4, 0.5) is 11.4 Å². The Morgan fingerprint density at radius 1 is 0.968 bits per heavy atom. The maximum Gasteiger partial charge on any atom is 0.242 e. The van der Waals surface area contributed by atoms with E-state index < -0.39 is 5.25 Å². The Hall–Kier alpha value is -3.09. The number of aliphatic imine (C=N–C) groups is 1. The average Bonchev–Trinajstić information content (AvgIpc) is 3.05. The van der Waals surface area contributed by atoms with Crippen molar-refractivity contribution in [2.75, 3.05) is 5.32 Å². The van der Waals surface area contributed by atoms with Gasteiger partial charge in [0.1, 0.15) is 5.25 Å². The summed E-state index contributed by atoms with van der Waals surface area (Å²) in [6, 6.07) is 26.3. The summed E-state index contributed by atoms with van der Waals surface area (Å²) in [6.07, 6.45) is 0.0355. The van der Waals surface area contributed by atoms with E-state index in [4.69, 9.17) is 11.6 Å². The molecule has 0 bridgehead atoms. The molecule has 7 heteroatoms. The van der Waals surface area contributed by atoms with E-state index in [0.29, 0.717) is 22.4 Å². The van der Waals surface area contributed by atoms with Crippen molar-refractivity contribution in [2.24, 2.45) is 4.99 Å². The van der Waals surface area contributed by atoms with E-state index in [1.807, 2.05) is 60.7 Å². The molecule has 1 aliphatic heterocycles. The Balaban J connectivity index is 1.53. The van der Waals surface area contributed by atoms with Crippen molar-refractivity contribution in [3.8, 4) is 0 Å². The van der Waals surface area contributed by atoms with Crippen LogP contribution in [0.25, 0.3) is 0 Å².